The number of rotatable bonds is 6. The first-order valence-corrected chi connectivity index (χ1v) is 7.84. The number of aliphatic hydroxyl groups is 1. The average Bonchev–Trinajstić information content (AvgIpc) is 2.59. The molecule has 1 atom stereocenters. The first kappa shape index (κ1) is 16.6. The lowest BCUT2D eigenvalue weighted by atomic mass is 10.2. The van der Waals surface area contributed by atoms with Crippen LogP contribution in [0.25, 0.3) is 10.9 Å². The predicted octanol–water partition coefficient (Wildman–Crippen LogP) is 2.02. The van der Waals surface area contributed by atoms with Gasteiger partial charge in [-0.3, -0.25) is 4.79 Å². The molecule has 0 bridgehead atoms. The summed E-state index contributed by atoms with van der Waals surface area (Å²) in [5, 5.41) is 19.0. The number of aliphatic hydroxyl groups excluding tert-OH is 1. The molecule has 0 amide bonds. The van der Waals surface area contributed by atoms with Crippen molar-refractivity contribution in [2.45, 2.75) is 19.3 Å². The van der Waals surface area contributed by atoms with Crippen molar-refractivity contribution in [1.29, 1.82) is 0 Å². The van der Waals surface area contributed by atoms with Crippen LogP contribution in [0.4, 0.5) is 0 Å². The van der Waals surface area contributed by atoms with Crippen molar-refractivity contribution in [3.05, 3.63) is 69.5 Å². The topological polar surface area (TPSA) is 77.2 Å². The summed E-state index contributed by atoms with van der Waals surface area (Å²) in [6.07, 6.45) is -0.874. The third-order valence-electron chi connectivity index (χ3n) is 3.54. The van der Waals surface area contributed by atoms with Crippen molar-refractivity contribution < 1.29 is 9.84 Å². The third-order valence-corrected chi connectivity index (χ3v) is 3.91. The quantitative estimate of drug-likeness (QED) is 0.739. The molecule has 0 aliphatic carbocycles. The van der Waals surface area contributed by atoms with Gasteiger partial charge in [-0.1, -0.05) is 47.1 Å². The summed E-state index contributed by atoms with van der Waals surface area (Å²) in [5.41, 5.74) is 1.09. The van der Waals surface area contributed by atoms with Gasteiger partial charge in [0.1, 0.15) is 5.52 Å². The fourth-order valence-electron chi connectivity index (χ4n) is 2.32. The van der Waals surface area contributed by atoms with E-state index in [1.54, 1.807) is 30.3 Å². The third kappa shape index (κ3) is 3.79. The van der Waals surface area contributed by atoms with Gasteiger partial charge in [-0.15, -0.1) is 5.10 Å². The Balaban J connectivity index is 1.61. The highest BCUT2D eigenvalue weighted by Crippen LogP contribution is 2.15. The molecule has 3 aromatic rings. The first-order valence-electron chi connectivity index (χ1n) is 7.47. The van der Waals surface area contributed by atoms with Crippen molar-refractivity contribution in [2.75, 3.05) is 6.61 Å². The fraction of sp³-hybridized carbons (Fsp3) is 0.235. The molecule has 0 fully saturated rings. The number of fused-ring (bicyclic) bond motifs is 1. The van der Waals surface area contributed by atoms with E-state index >= 15 is 0 Å². The zero-order chi connectivity index (χ0) is 16.9. The number of halogens is 1. The summed E-state index contributed by atoms with van der Waals surface area (Å²) in [4.78, 5) is 12.3. The van der Waals surface area contributed by atoms with Crippen molar-refractivity contribution >= 4 is 22.5 Å². The van der Waals surface area contributed by atoms with Crippen molar-refractivity contribution in [3.8, 4) is 0 Å². The lowest BCUT2D eigenvalue weighted by Gasteiger charge is -2.12. The normalized spacial score (nSPS) is 12.4. The van der Waals surface area contributed by atoms with Gasteiger partial charge >= 0.3 is 0 Å². The lowest BCUT2D eigenvalue weighted by Crippen LogP contribution is -2.31. The number of nitrogens with zero attached hydrogens (tertiary/aromatic N) is 3. The standard InChI is InChI=1S/C17H16ClN3O3/c18-15-7-3-1-5-12(15)10-24-11-13(22)9-21-17(23)14-6-2-4-8-16(14)19-20-21/h1-8,13,22H,9-11H2/t13-/m0/s1. The predicted molar refractivity (Wildman–Crippen MR) is 90.9 cm³/mol. The summed E-state index contributed by atoms with van der Waals surface area (Å²) >= 11 is 6.04. The van der Waals surface area contributed by atoms with Crippen molar-refractivity contribution in [1.82, 2.24) is 15.0 Å². The molecule has 24 heavy (non-hydrogen) atoms. The van der Waals surface area contributed by atoms with Gasteiger partial charge in [-0.25, -0.2) is 4.68 Å². The molecule has 0 unspecified atom stereocenters. The van der Waals surface area contributed by atoms with Crippen LogP contribution in [-0.2, 0) is 17.9 Å². The Labute approximate surface area is 143 Å². The number of aromatic nitrogens is 3. The van der Waals surface area contributed by atoms with Crippen LogP contribution in [0.5, 0.6) is 0 Å². The Morgan fingerprint density at radius 1 is 1.17 bits per heavy atom. The molecular formula is C17H16ClN3O3. The van der Waals surface area contributed by atoms with Gasteiger partial charge in [-0.2, -0.15) is 0 Å². The number of benzene rings is 2. The van der Waals surface area contributed by atoms with Crippen LogP contribution < -0.4 is 5.56 Å². The summed E-state index contributed by atoms with van der Waals surface area (Å²) in [7, 11) is 0. The maximum absolute atomic E-state index is 12.3. The molecule has 7 heteroatoms. The van der Waals surface area contributed by atoms with Crippen LogP contribution in [0.3, 0.4) is 0 Å². The van der Waals surface area contributed by atoms with E-state index in [1.165, 1.54) is 0 Å². The van der Waals surface area contributed by atoms with Gasteiger partial charge in [0.25, 0.3) is 5.56 Å². The highest BCUT2D eigenvalue weighted by Gasteiger charge is 2.11. The Morgan fingerprint density at radius 2 is 1.92 bits per heavy atom. The second-order valence-electron chi connectivity index (χ2n) is 5.35. The molecular weight excluding hydrogens is 330 g/mol. The molecule has 1 N–H and O–H groups in total. The summed E-state index contributed by atoms with van der Waals surface area (Å²) in [6.45, 7) is 0.361. The molecule has 6 nitrogen and oxygen atoms in total. The summed E-state index contributed by atoms with van der Waals surface area (Å²) in [6, 6.07) is 14.3. The van der Waals surface area contributed by atoms with E-state index in [0.717, 1.165) is 10.2 Å². The minimum atomic E-state index is -0.874. The van der Waals surface area contributed by atoms with Gasteiger partial charge < -0.3 is 9.84 Å². The molecule has 0 spiro atoms. The maximum atomic E-state index is 12.3. The molecule has 3 rings (SSSR count). The van der Waals surface area contributed by atoms with Crippen LogP contribution in [-0.4, -0.2) is 32.8 Å². The molecule has 1 aromatic heterocycles. The second kappa shape index (κ2) is 7.53. The van der Waals surface area contributed by atoms with Gasteiger partial charge in [0.15, 0.2) is 0 Å². The lowest BCUT2D eigenvalue weighted by molar-refractivity contribution is 0.0177. The van der Waals surface area contributed by atoms with E-state index in [2.05, 4.69) is 10.3 Å². The Morgan fingerprint density at radius 3 is 2.75 bits per heavy atom. The summed E-state index contributed by atoms with van der Waals surface area (Å²) < 4.78 is 6.61. The molecule has 0 aliphatic rings. The van der Waals surface area contributed by atoms with Crippen LogP contribution in [0.1, 0.15) is 5.56 Å². The van der Waals surface area contributed by atoms with E-state index in [9.17, 15) is 9.90 Å². The number of ether oxygens (including phenoxy) is 1. The largest absolute Gasteiger partial charge is 0.389 e. The SMILES string of the molecule is O=c1c2ccccc2nnn1C[C@H](O)COCc1ccccc1Cl. The van der Waals surface area contributed by atoms with Gasteiger partial charge in [0.2, 0.25) is 0 Å². The van der Waals surface area contributed by atoms with Crippen molar-refractivity contribution in [2.24, 2.45) is 0 Å². The first-order chi connectivity index (χ1) is 11.6. The number of hydrogen-bond acceptors (Lipinski definition) is 5. The molecule has 2 aromatic carbocycles. The minimum Gasteiger partial charge on any atom is -0.389 e. The van der Waals surface area contributed by atoms with Crippen molar-refractivity contribution in [3.63, 3.8) is 0 Å². The summed E-state index contributed by atoms with van der Waals surface area (Å²) in [5.74, 6) is 0. The fourth-order valence-corrected chi connectivity index (χ4v) is 2.51. The molecule has 1 heterocycles. The number of hydrogen-bond donors (Lipinski definition) is 1. The monoisotopic (exact) mass is 345 g/mol. The molecule has 0 aliphatic heterocycles. The van der Waals surface area contributed by atoms with Crippen LogP contribution >= 0.6 is 11.6 Å². The molecule has 124 valence electrons. The van der Waals surface area contributed by atoms with E-state index in [-0.39, 0.29) is 25.3 Å². The Hall–Kier alpha value is -2.28. The van der Waals surface area contributed by atoms with E-state index < -0.39 is 6.10 Å². The maximum Gasteiger partial charge on any atom is 0.277 e. The van der Waals surface area contributed by atoms with Crippen LogP contribution in [0, 0.1) is 0 Å². The smallest absolute Gasteiger partial charge is 0.277 e. The van der Waals surface area contributed by atoms with Crippen LogP contribution in [0.2, 0.25) is 5.02 Å². The zero-order valence-corrected chi connectivity index (χ0v) is 13.6. The average molecular weight is 346 g/mol. The Bertz CT molecular complexity index is 897. The highest BCUT2D eigenvalue weighted by molar-refractivity contribution is 6.31. The van der Waals surface area contributed by atoms with Gasteiger partial charge in [0, 0.05) is 5.02 Å². The van der Waals surface area contributed by atoms with E-state index in [0.29, 0.717) is 15.9 Å². The minimum absolute atomic E-state index is 0.0131. The Kier molecular flexibility index (Phi) is 5.20. The van der Waals surface area contributed by atoms with Gasteiger partial charge in [-0.05, 0) is 23.8 Å². The van der Waals surface area contributed by atoms with E-state index in [1.807, 2.05) is 18.2 Å². The molecule has 0 saturated heterocycles. The zero-order valence-electron chi connectivity index (χ0n) is 12.8. The van der Waals surface area contributed by atoms with Crippen LogP contribution in [0.15, 0.2) is 53.3 Å². The highest BCUT2D eigenvalue weighted by atomic mass is 35.5. The van der Waals surface area contributed by atoms with E-state index in [4.69, 9.17) is 16.3 Å². The molecule has 0 radical (unpaired) electrons. The second-order valence-corrected chi connectivity index (χ2v) is 5.76. The van der Waals surface area contributed by atoms with Gasteiger partial charge in [0.05, 0.1) is 31.2 Å². The molecule has 0 saturated carbocycles.